The third kappa shape index (κ3) is 5.01. The van der Waals surface area contributed by atoms with Crippen molar-refractivity contribution in [3.8, 4) is 5.75 Å². The number of hydrogen-bond donors (Lipinski definition) is 2. The van der Waals surface area contributed by atoms with Gasteiger partial charge in [0.05, 0.1) is 12.8 Å². The van der Waals surface area contributed by atoms with E-state index in [0.29, 0.717) is 0 Å². The summed E-state index contributed by atoms with van der Waals surface area (Å²) in [5, 5.41) is 5.60. The van der Waals surface area contributed by atoms with Crippen molar-refractivity contribution in [3.63, 3.8) is 0 Å². The minimum absolute atomic E-state index is 0. The summed E-state index contributed by atoms with van der Waals surface area (Å²) in [5.41, 5.74) is -0.170. The number of thioether (sulfide) groups is 1. The van der Waals surface area contributed by atoms with Gasteiger partial charge in [0.25, 0.3) is 0 Å². The van der Waals surface area contributed by atoms with Crippen molar-refractivity contribution >= 4 is 35.8 Å². The predicted octanol–water partition coefficient (Wildman–Crippen LogP) is 2.43. The Kier molecular flexibility index (Phi) is 7.21. The molecule has 21 heavy (non-hydrogen) atoms. The summed E-state index contributed by atoms with van der Waals surface area (Å²) in [6.07, 6.45) is 0.236. The first-order valence-electron chi connectivity index (χ1n) is 6.24. The fourth-order valence-corrected chi connectivity index (χ4v) is 2.91. The Morgan fingerprint density at radius 2 is 2.24 bits per heavy atom. The second kappa shape index (κ2) is 8.41. The Hall–Kier alpha value is -1.05. The predicted molar refractivity (Wildman–Crippen MR) is 82.5 cm³/mol. The zero-order chi connectivity index (χ0) is 14.5. The average molecular weight is 339 g/mol. The molecule has 0 bridgehead atoms. The van der Waals surface area contributed by atoms with E-state index >= 15 is 0 Å². The van der Waals surface area contributed by atoms with Crippen molar-refractivity contribution in [1.82, 2.24) is 5.32 Å². The summed E-state index contributed by atoms with van der Waals surface area (Å²) in [4.78, 5) is 11.8. The highest BCUT2D eigenvalue weighted by atomic mass is 35.5. The third-order valence-corrected chi connectivity index (χ3v) is 4.08. The number of halogens is 3. The summed E-state index contributed by atoms with van der Waals surface area (Å²) in [5.74, 6) is -0.0963. The fraction of sp³-hybridized carbons (Fsp3) is 0.462. The van der Waals surface area contributed by atoms with Crippen LogP contribution < -0.4 is 15.4 Å². The van der Waals surface area contributed by atoms with Gasteiger partial charge in [-0.25, -0.2) is 8.78 Å². The maximum Gasteiger partial charge on any atom is 0.226 e. The van der Waals surface area contributed by atoms with E-state index in [-0.39, 0.29) is 42.2 Å². The first-order chi connectivity index (χ1) is 9.60. The standard InChI is InChI=1S/C13H16F2N2O2S.ClH/c1-19-12-6-9(14)11(5-10(12)15)17-13(18)4-8-7-20-3-2-16-8;/h5-6,8,16H,2-4,7H2,1H3,(H,17,18);1H. The molecule has 0 aromatic heterocycles. The van der Waals surface area contributed by atoms with Gasteiger partial charge in [-0.2, -0.15) is 11.8 Å². The first-order valence-corrected chi connectivity index (χ1v) is 7.39. The van der Waals surface area contributed by atoms with Crippen LogP contribution in [0.3, 0.4) is 0 Å². The van der Waals surface area contributed by atoms with Gasteiger partial charge >= 0.3 is 0 Å². The zero-order valence-electron chi connectivity index (χ0n) is 11.4. The Morgan fingerprint density at radius 1 is 1.48 bits per heavy atom. The Labute approximate surface area is 132 Å². The lowest BCUT2D eigenvalue weighted by molar-refractivity contribution is -0.116. The second-order valence-corrected chi connectivity index (χ2v) is 5.59. The van der Waals surface area contributed by atoms with Crippen LogP contribution in [0.5, 0.6) is 5.75 Å². The molecule has 1 atom stereocenters. The van der Waals surface area contributed by atoms with Gasteiger partial charge in [0.15, 0.2) is 17.4 Å². The van der Waals surface area contributed by atoms with Gasteiger partial charge in [-0.15, -0.1) is 12.4 Å². The molecule has 1 aliphatic heterocycles. The molecule has 0 spiro atoms. The fourth-order valence-electron chi connectivity index (χ4n) is 1.96. The molecule has 1 saturated heterocycles. The number of nitrogens with one attached hydrogen (secondary N) is 2. The quantitative estimate of drug-likeness (QED) is 0.885. The maximum absolute atomic E-state index is 13.7. The molecule has 1 aromatic carbocycles. The highest BCUT2D eigenvalue weighted by Gasteiger charge is 2.18. The lowest BCUT2D eigenvalue weighted by Gasteiger charge is -2.22. The topological polar surface area (TPSA) is 50.4 Å². The lowest BCUT2D eigenvalue weighted by Crippen LogP contribution is -2.40. The van der Waals surface area contributed by atoms with Gasteiger partial charge in [-0.3, -0.25) is 4.79 Å². The van der Waals surface area contributed by atoms with Gasteiger partial charge in [0, 0.05) is 42.6 Å². The van der Waals surface area contributed by atoms with Crippen molar-refractivity contribution in [2.75, 3.05) is 30.5 Å². The van der Waals surface area contributed by atoms with Crippen molar-refractivity contribution in [2.24, 2.45) is 0 Å². The van der Waals surface area contributed by atoms with E-state index in [4.69, 9.17) is 0 Å². The van der Waals surface area contributed by atoms with E-state index in [9.17, 15) is 13.6 Å². The molecule has 8 heteroatoms. The van der Waals surface area contributed by atoms with Crippen molar-refractivity contribution in [1.29, 1.82) is 0 Å². The van der Waals surface area contributed by atoms with Crippen molar-refractivity contribution in [3.05, 3.63) is 23.8 Å². The molecule has 1 heterocycles. The van der Waals surface area contributed by atoms with Crippen LogP contribution in [0.25, 0.3) is 0 Å². The summed E-state index contributed by atoms with van der Waals surface area (Å²) < 4.78 is 31.8. The van der Waals surface area contributed by atoms with Gasteiger partial charge in [0.1, 0.15) is 0 Å². The molecular weight excluding hydrogens is 322 g/mol. The zero-order valence-corrected chi connectivity index (χ0v) is 13.1. The molecule has 1 fully saturated rings. The summed E-state index contributed by atoms with van der Waals surface area (Å²) >= 11 is 1.77. The second-order valence-electron chi connectivity index (χ2n) is 4.44. The molecule has 0 aliphatic carbocycles. The number of anilines is 1. The summed E-state index contributed by atoms with van der Waals surface area (Å²) in [6, 6.07) is 1.91. The van der Waals surface area contributed by atoms with Crippen LogP contribution in [0.1, 0.15) is 6.42 Å². The summed E-state index contributed by atoms with van der Waals surface area (Å²) in [7, 11) is 1.25. The number of carbonyl (C=O) groups excluding carboxylic acids is 1. The Bertz CT molecular complexity index is 499. The Morgan fingerprint density at radius 3 is 2.86 bits per heavy atom. The van der Waals surface area contributed by atoms with E-state index in [2.05, 4.69) is 15.4 Å². The van der Waals surface area contributed by atoms with Crippen LogP contribution in [0.2, 0.25) is 0 Å². The molecule has 0 radical (unpaired) electrons. The molecule has 4 nitrogen and oxygen atoms in total. The number of carbonyl (C=O) groups is 1. The molecule has 1 unspecified atom stereocenters. The van der Waals surface area contributed by atoms with E-state index in [1.807, 2.05) is 0 Å². The molecule has 1 aliphatic rings. The van der Waals surface area contributed by atoms with Crippen LogP contribution in [-0.4, -0.2) is 37.1 Å². The highest BCUT2D eigenvalue weighted by Crippen LogP contribution is 2.24. The van der Waals surface area contributed by atoms with Gasteiger partial charge in [-0.05, 0) is 0 Å². The molecule has 1 aromatic rings. The minimum atomic E-state index is -0.720. The molecular formula is C13H17ClF2N2O2S. The van der Waals surface area contributed by atoms with E-state index in [0.717, 1.165) is 30.2 Å². The summed E-state index contributed by atoms with van der Waals surface area (Å²) in [6.45, 7) is 0.855. The van der Waals surface area contributed by atoms with Crippen LogP contribution in [0, 0.1) is 11.6 Å². The molecule has 2 N–H and O–H groups in total. The van der Waals surface area contributed by atoms with Crippen LogP contribution in [0.4, 0.5) is 14.5 Å². The molecule has 1 amide bonds. The number of amides is 1. The van der Waals surface area contributed by atoms with Gasteiger partial charge in [0.2, 0.25) is 5.91 Å². The number of rotatable bonds is 4. The highest BCUT2D eigenvalue weighted by molar-refractivity contribution is 7.99. The van der Waals surface area contributed by atoms with Crippen LogP contribution in [0.15, 0.2) is 12.1 Å². The van der Waals surface area contributed by atoms with E-state index in [1.54, 1.807) is 11.8 Å². The first kappa shape index (κ1) is 18.0. The van der Waals surface area contributed by atoms with Crippen molar-refractivity contribution in [2.45, 2.75) is 12.5 Å². The number of benzene rings is 1. The van der Waals surface area contributed by atoms with Crippen LogP contribution >= 0.6 is 24.2 Å². The Balaban J connectivity index is 0.00000220. The number of ether oxygens (including phenoxy) is 1. The SMILES string of the molecule is COc1cc(F)c(NC(=O)CC2CSCCN2)cc1F.Cl. The van der Waals surface area contributed by atoms with E-state index in [1.165, 1.54) is 7.11 Å². The number of hydrogen-bond acceptors (Lipinski definition) is 4. The minimum Gasteiger partial charge on any atom is -0.494 e. The van der Waals surface area contributed by atoms with Gasteiger partial charge in [-0.1, -0.05) is 0 Å². The van der Waals surface area contributed by atoms with E-state index < -0.39 is 11.6 Å². The maximum atomic E-state index is 13.7. The average Bonchev–Trinajstić information content (AvgIpc) is 2.43. The third-order valence-electron chi connectivity index (χ3n) is 2.95. The normalized spacial score (nSPS) is 17.8. The van der Waals surface area contributed by atoms with Crippen molar-refractivity contribution < 1.29 is 18.3 Å². The van der Waals surface area contributed by atoms with Crippen LogP contribution in [-0.2, 0) is 4.79 Å². The molecule has 118 valence electrons. The largest absolute Gasteiger partial charge is 0.494 e. The lowest BCUT2D eigenvalue weighted by atomic mass is 10.2. The molecule has 0 saturated carbocycles. The molecule has 2 rings (SSSR count). The smallest absolute Gasteiger partial charge is 0.226 e. The monoisotopic (exact) mass is 338 g/mol. The number of methoxy groups -OCH3 is 1. The van der Waals surface area contributed by atoms with Gasteiger partial charge < -0.3 is 15.4 Å².